The molecule has 0 aliphatic carbocycles. The van der Waals surface area contributed by atoms with Gasteiger partial charge in [0.25, 0.3) is 0 Å². The van der Waals surface area contributed by atoms with E-state index < -0.39 is 11.7 Å². The first-order valence-corrected chi connectivity index (χ1v) is 1.82. The Morgan fingerprint density at radius 3 is 1.00 bits per heavy atom. The summed E-state index contributed by atoms with van der Waals surface area (Å²) in [6, 6.07) is 0. The number of carbonyl (C=O) groups is 2. The summed E-state index contributed by atoms with van der Waals surface area (Å²) in [5.74, 6) is -2.17. The molecule has 0 rings (SSSR count). The molecule has 0 aliphatic rings. The van der Waals surface area contributed by atoms with Gasteiger partial charge in [-0.3, -0.25) is 0 Å². The van der Waals surface area contributed by atoms with Gasteiger partial charge in [0.15, 0.2) is 15.7 Å². The average molecular weight is 173 g/mol. The zero-order valence-electron chi connectivity index (χ0n) is 4.97. The van der Waals surface area contributed by atoms with Gasteiger partial charge in [-0.25, -0.2) is 0 Å². The van der Waals surface area contributed by atoms with Crippen molar-refractivity contribution in [2.24, 2.45) is 0 Å². The molecule has 0 aromatic rings. The minimum absolute atomic E-state index is 0. The first-order chi connectivity index (χ1) is 3.46. The van der Waals surface area contributed by atoms with E-state index in [1.807, 2.05) is 0 Å². The third-order valence-electron chi connectivity index (χ3n) is 0. The fourth-order valence-corrected chi connectivity index (χ4v) is 0. The van der Waals surface area contributed by atoms with E-state index in [9.17, 15) is 0 Å². The second-order valence-corrected chi connectivity index (χ2v) is 0.983. The van der Waals surface area contributed by atoms with E-state index in [0.29, 0.717) is 0 Å². The smallest absolute Gasteiger partial charge is 0.562 e. The Balaban J connectivity index is -0.0000000720. The van der Waals surface area contributed by atoms with Crippen LogP contribution in [-0.4, -0.2) is 27.4 Å². The fraction of sp³-hybridized carbons (Fsp3) is 0. The Hall–Kier alpha value is -0.424. The molecule has 0 amide bonds. The molecule has 0 bridgehead atoms. The molecule has 0 aliphatic heterocycles. The van der Waals surface area contributed by atoms with E-state index in [-0.39, 0.29) is 16.8 Å². The van der Waals surface area contributed by atoms with Gasteiger partial charge in [0, 0.05) is 0 Å². The number of rotatable bonds is 0. The topological polar surface area (TPSA) is 80.3 Å². The van der Waals surface area contributed by atoms with Crippen LogP contribution in [0.1, 0.15) is 0 Å². The van der Waals surface area contributed by atoms with Crippen molar-refractivity contribution in [1.82, 2.24) is 0 Å². The van der Waals surface area contributed by atoms with Gasteiger partial charge in [-0.1, -0.05) is 0 Å². The van der Waals surface area contributed by atoms with Gasteiger partial charge >= 0.3 is 16.8 Å². The molecule has 0 N–H and O–H groups in total. The van der Waals surface area contributed by atoms with Crippen molar-refractivity contribution in [1.29, 1.82) is 0 Å². The fourth-order valence-electron chi connectivity index (χ4n) is 0. The number of carboxylic acid groups (broad SMARTS) is 2. The summed E-state index contributed by atoms with van der Waals surface area (Å²) in [6.07, 6.45) is 0. The molecule has 0 spiro atoms. The molecule has 4 nitrogen and oxygen atoms in total. The van der Waals surface area contributed by atoms with Crippen molar-refractivity contribution in [3.63, 3.8) is 0 Å². The standard InChI is InChI=1S/2CH3BO2.Co/c2*2-1(3)4;/h2*2H2,(H,3,4);/q;;+2/p-2. The first kappa shape index (κ1) is 15.8. The summed E-state index contributed by atoms with van der Waals surface area (Å²) in [4.78, 5) is 17.8. The monoisotopic (exact) mass is 173 g/mol. The van der Waals surface area contributed by atoms with Crippen LogP contribution >= 0.6 is 0 Å². The van der Waals surface area contributed by atoms with Crippen molar-refractivity contribution >= 4 is 27.4 Å². The number of hydrogen-bond acceptors (Lipinski definition) is 4. The third-order valence-corrected chi connectivity index (χ3v) is 0. The van der Waals surface area contributed by atoms with Crippen LogP contribution in [0.15, 0.2) is 0 Å². The number of carbonyl (C=O) groups excluding carboxylic acids is 2. The van der Waals surface area contributed by atoms with E-state index in [4.69, 9.17) is 19.8 Å². The molecular weight excluding hydrogens is 169 g/mol. The SMILES string of the molecule is BC(=O)[O-].BC(=O)[O-].[Co+2]. The van der Waals surface area contributed by atoms with Crippen molar-refractivity contribution < 1.29 is 36.6 Å². The van der Waals surface area contributed by atoms with Crippen LogP contribution in [-0.2, 0) is 16.8 Å². The maximum Gasteiger partial charge on any atom is 2.00 e. The average Bonchev–Trinajstić information content (AvgIpc) is 1.25. The van der Waals surface area contributed by atoms with Crippen LogP contribution in [0.3, 0.4) is 0 Å². The van der Waals surface area contributed by atoms with Crippen molar-refractivity contribution in [2.45, 2.75) is 0 Å². The van der Waals surface area contributed by atoms with Gasteiger partial charge in [0.1, 0.15) is 0 Å². The summed E-state index contributed by atoms with van der Waals surface area (Å²) in [7, 11) is 1.94. The van der Waals surface area contributed by atoms with Gasteiger partial charge in [-0.15, -0.1) is 0 Å². The third kappa shape index (κ3) is 1310. The molecule has 0 atom stereocenters. The van der Waals surface area contributed by atoms with Crippen molar-refractivity contribution in [2.75, 3.05) is 0 Å². The van der Waals surface area contributed by atoms with Crippen LogP contribution in [0, 0.1) is 0 Å². The summed E-state index contributed by atoms with van der Waals surface area (Å²) >= 11 is 0. The van der Waals surface area contributed by atoms with E-state index in [0.717, 1.165) is 15.7 Å². The largest absolute Gasteiger partial charge is 2.00 e. The van der Waals surface area contributed by atoms with Crippen LogP contribution < -0.4 is 10.2 Å². The Morgan fingerprint density at radius 1 is 1.00 bits per heavy atom. The maximum atomic E-state index is 8.89. The molecular formula is C2H4B2CoO4. The summed E-state index contributed by atoms with van der Waals surface area (Å²) < 4.78 is 0. The molecule has 0 unspecified atom stereocenters. The minimum Gasteiger partial charge on any atom is -0.562 e. The van der Waals surface area contributed by atoms with Crippen LogP contribution in [0.2, 0.25) is 0 Å². The van der Waals surface area contributed by atoms with Crippen LogP contribution in [0.5, 0.6) is 0 Å². The van der Waals surface area contributed by atoms with E-state index in [1.165, 1.54) is 0 Å². The maximum absolute atomic E-state index is 8.89. The number of hydrogen-bond donors (Lipinski definition) is 0. The Morgan fingerprint density at radius 2 is 1.00 bits per heavy atom. The first-order valence-electron chi connectivity index (χ1n) is 1.82. The van der Waals surface area contributed by atoms with Crippen molar-refractivity contribution in [3.05, 3.63) is 0 Å². The van der Waals surface area contributed by atoms with Gasteiger partial charge in [0.05, 0.1) is 0 Å². The molecule has 0 saturated heterocycles. The second-order valence-electron chi connectivity index (χ2n) is 0.983. The molecule has 0 heterocycles. The molecule has 0 fully saturated rings. The molecule has 51 valence electrons. The Bertz CT molecular complexity index is 74.6. The molecule has 7 heteroatoms. The minimum atomic E-state index is -1.08. The zero-order valence-corrected chi connectivity index (χ0v) is 6.01. The molecule has 1 radical (unpaired) electrons. The van der Waals surface area contributed by atoms with Gasteiger partial charge < -0.3 is 19.8 Å². The van der Waals surface area contributed by atoms with Crippen molar-refractivity contribution in [3.8, 4) is 0 Å². The Kier molecular flexibility index (Phi) is 18.5. The quantitative estimate of drug-likeness (QED) is 0.348. The van der Waals surface area contributed by atoms with E-state index in [2.05, 4.69) is 0 Å². The van der Waals surface area contributed by atoms with E-state index >= 15 is 0 Å². The van der Waals surface area contributed by atoms with E-state index in [1.54, 1.807) is 0 Å². The normalized spacial score (nSPS) is 5.33. The van der Waals surface area contributed by atoms with Crippen LogP contribution in [0.25, 0.3) is 0 Å². The van der Waals surface area contributed by atoms with Gasteiger partial charge in [0.2, 0.25) is 0 Å². The second kappa shape index (κ2) is 10.5. The summed E-state index contributed by atoms with van der Waals surface area (Å²) in [6.45, 7) is 0. The molecule has 0 aromatic heterocycles. The predicted molar refractivity (Wildman–Crippen MR) is 27.9 cm³/mol. The zero-order chi connectivity index (χ0) is 7.15. The summed E-state index contributed by atoms with van der Waals surface area (Å²) in [5, 5.41) is 17.8. The van der Waals surface area contributed by atoms with Crippen LogP contribution in [0.4, 0.5) is 9.59 Å². The predicted octanol–water partition coefficient (Wildman–Crippen LogP) is -4.08. The molecule has 9 heavy (non-hydrogen) atoms. The van der Waals surface area contributed by atoms with Gasteiger partial charge in [-0.2, -0.15) is 0 Å². The Labute approximate surface area is 64.6 Å². The molecule has 0 saturated carbocycles. The summed E-state index contributed by atoms with van der Waals surface area (Å²) in [5.41, 5.74) is 0. The van der Waals surface area contributed by atoms with Gasteiger partial charge in [-0.05, 0) is 11.7 Å². The molecule has 0 aromatic carbocycles.